The van der Waals surface area contributed by atoms with E-state index in [2.05, 4.69) is 47.6 Å². The number of anilines is 1. The van der Waals surface area contributed by atoms with Gasteiger partial charge in [0.1, 0.15) is 0 Å². The molecule has 1 heterocycles. The monoisotopic (exact) mass is 279 g/mol. The van der Waals surface area contributed by atoms with Crippen molar-refractivity contribution in [3.8, 4) is 0 Å². The number of nitrogens with zero attached hydrogens (tertiary/aromatic N) is 2. The molecule has 0 saturated heterocycles. The third-order valence-corrected chi connectivity index (χ3v) is 3.74. The lowest BCUT2D eigenvalue weighted by Crippen LogP contribution is -2.25. The second-order valence-corrected chi connectivity index (χ2v) is 6.79. The van der Waals surface area contributed by atoms with Crippen LogP contribution < -0.4 is 5.32 Å². The first-order valence-corrected chi connectivity index (χ1v) is 7.57. The summed E-state index contributed by atoms with van der Waals surface area (Å²) in [5.74, 6) is 1.70. The van der Waals surface area contributed by atoms with Crippen molar-refractivity contribution in [3.05, 3.63) is 36.2 Å². The van der Waals surface area contributed by atoms with Gasteiger partial charge in [-0.15, -0.1) is 11.8 Å². The van der Waals surface area contributed by atoms with E-state index in [1.165, 1.54) is 16.4 Å². The Morgan fingerprint density at radius 3 is 2.61 bits per heavy atom. The Bertz CT molecular complexity index is 488. The predicted molar refractivity (Wildman–Crippen MR) is 79.3 cm³/mol. The highest BCUT2D eigenvalue weighted by Crippen LogP contribution is 2.23. The molecule has 1 aromatic heterocycles. The molecule has 0 spiro atoms. The van der Waals surface area contributed by atoms with Crippen LogP contribution in [-0.4, -0.2) is 14.9 Å². The number of aromatic nitrogens is 2. The molecule has 0 atom stereocenters. The molecule has 1 aromatic carbocycles. The third kappa shape index (κ3) is 4.31. The van der Waals surface area contributed by atoms with Gasteiger partial charge >= 0.3 is 0 Å². The quantitative estimate of drug-likeness (QED) is 0.857. The van der Waals surface area contributed by atoms with Crippen LogP contribution >= 0.6 is 23.3 Å². The summed E-state index contributed by atoms with van der Waals surface area (Å²) >= 11 is 3.18. The van der Waals surface area contributed by atoms with Crippen molar-refractivity contribution in [2.24, 2.45) is 0 Å². The zero-order valence-electron chi connectivity index (χ0n) is 10.8. The van der Waals surface area contributed by atoms with Crippen LogP contribution in [0.1, 0.15) is 26.6 Å². The van der Waals surface area contributed by atoms with E-state index in [0.717, 1.165) is 16.7 Å². The average molecular weight is 279 g/mol. The summed E-state index contributed by atoms with van der Waals surface area (Å²) in [5, 5.41) is 4.23. The van der Waals surface area contributed by atoms with E-state index in [0.29, 0.717) is 0 Å². The van der Waals surface area contributed by atoms with E-state index in [1.807, 2.05) is 18.2 Å². The van der Waals surface area contributed by atoms with Gasteiger partial charge in [0, 0.05) is 22.0 Å². The summed E-state index contributed by atoms with van der Waals surface area (Å²) < 4.78 is 4.36. The fourth-order valence-electron chi connectivity index (χ4n) is 1.35. The molecule has 0 saturated carbocycles. The molecule has 2 rings (SSSR count). The molecule has 0 aliphatic heterocycles. The Morgan fingerprint density at radius 2 is 1.94 bits per heavy atom. The number of hydrogen-bond donors (Lipinski definition) is 1. The Labute approximate surface area is 116 Å². The van der Waals surface area contributed by atoms with Gasteiger partial charge in [0.25, 0.3) is 0 Å². The topological polar surface area (TPSA) is 37.8 Å². The lowest BCUT2D eigenvalue weighted by atomic mass is 10.1. The molecular formula is C13H17N3S2. The van der Waals surface area contributed by atoms with Gasteiger partial charge in [-0.25, -0.2) is 4.98 Å². The minimum Gasteiger partial charge on any atom is -0.356 e. The van der Waals surface area contributed by atoms with Gasteiger partial charge in [-0.05, 0) is 32.9 Å². The number of benzene rings is 1. The fraction of sp³-hybridized carbons (Fsp3) is 0.385. The zero-order chi connectivity index (χ0) is 13.0. The molecule has 2 aromatic rings. The average Bonchev–Trinajstić information content (AvgIpc) is 2.73. The van der Waals surface area contributed by atoms with Crippen LogP contribution in [0.3, 0.4) is 0 Å². The second-order valence-electron chi connectivity index (χ2n) is 4.99. The maximum Gasteiger partial charge on any atom is 0.203 e. The zero-order valence-corrected chi connectivity index (χ0v) is 12.4. The van der Waals surface area contributed by atoms with Crippen molar-refractivity contribution in [3.63, 3.8) is 0 Å². The van der Waals surface area contributed by atoms with Gasteiger partial charge in [-0.3, -0.25) is 0 Å². The third-order valence-electron chi connectivity index (χ3n) is 2.06. The van der Waals surface area contributed by atoms with Crippen LogP contribution in [0.5, 0.6) is 0 Å². The molecule has 96 valence electrons. The van der Waals surface area contributed by atoms with E-state index in [4.69, 9.17) is 0 Å². The first-order valence-electron chi connectivity index (χ1n) is 5.81. The van der Waals surface area contributed by atoms with Crippen LogP contribution in [0, 0.1) is 0 Å². The highest BCUT2D eigenvalue weighted by Gasteiger charge is 2.12. The SMILES string of the molecule is CC(C)(C)Nc1nc(CSc2ccccc2)ns1. The lowest BCUT2D eigenvalue weighted by molar-refractivity contribution is 0.633. The largest absolute Gasteiger partial charge is 0.356 e. The molecule has 5 heteroatoms. The van der Waals surface area contributed by atoms with Crippen molar-refractivity contribution in [1.82, 2.24) is 9.36 Å². The Hall–Kier alpha value is -1.07. The summed E-state index contributed by atoms with van der Waals surface area (Å²) in [4.78, 5) is 5.73. The van der Waals surface area contributed by atoms with E-state index >= 15 is 0 Å². The first-order chi connectivity index (χ1) is 8.53. The van der Waals surface area contributed by atoms with Crippen LogP contribution in [0.25, 0.3) is 0 Å². The van der Waals surface area contributed by atoms with Crippen molar-refractivity contribution in [1.29, 1.82) is 0 Å². The Balaban J connectivity index is 1.91. The second kappa shape index (κ2) is 5.71. The molecule has 1 N–H and O–H groups in total. The van der Waals surface area contributed by atoms with E-state index < -0.39 is 0 Å². The highest BCUT2D eigenvalue weighted by molar-refractivity contribution is 7.98. The number of thioether (sulfide) groups is 1. The summed E-state index contributed by atoms with van der Waals surface area (Å²) in [6, 6.07) is 10.3. The summed E-state index contributed by atoms with van der Waals surface area (Å²) in [7, 11) is 0. The fourth-order valence-corrected chi connectivity index (χ4v) is 3.00. The summed E-state index contributed by atoms with van der Waals surface area (Å²) in [6.07, 6.45) is 0. The van der Waals surface area contributed by atoms with Crippen molar-refractivity contribution in [2.75, 3.05) is 5.32 Å². The molecule has 3 nitrogen and oxygen atoms in total. The van der Waals surface area contributed by atoms with E-state index in [9.17, 15) is 0 Å². The highest BCUT2D eigenvalue weighted by atomic mass is 32.2. The van der Waals surface area contributed by atoms with Gasteiger partial charge in [-0.1, -0.05) is 18.2 Å². The maximum absolute atomic E-state index is 4.49. The Morgan fingerprint density at radius 1 is 1.22 bits per heavy atom. The number of hydrogen-bond acceptors (Lipinski definition) is 5. The van der Waals surface area contributed by atoms with Gasteiger partial charge in [-0.2, -0.15) is 4.37 Å². The molecule has 0 aliphatic rings. The molecule has 0 bridgehead atoms. The molecule has 0 aliphatic carbocycles. The normalized spacial score (nSPS) is 11.5. The molecule has 0 radical (unpaired) electrons. The van der Waals surface area contributed by atoms with E-state index in [1.54, 1.807) is 11.8 Å². The molecular weight excluding hydrogens is 262 g/mol. The standard InChI is InChI=1S/C13H17N3S2/c1-13(2,3)15-12-14-11(16-18-12)9-17-10-7-5-4-6-8-10/h4-8H,9H2,1-3H3,(H,14,15,16). The van der Waals surface area contributed by atoms with Gasteiger partial charge in [0.2, 0.25) is 5.13 Å². The minimum atomic E-state index is 0.0311. The van der Waals surface area contributed by atoms with Gasteiger partial charge in [0.15, 0.2) is 5.82 Å². The molecule has 0 fully saturated rings. The number of nitrogens with one attached hydrogen (secondary N) is 1. The summed E-state index contributed by atoms with van der Waals surface area (Å²) in [6.45, 7) is 6.35. The van der Waals surface area contributed by atoms with Crippen molar-refractivity contribution < 1.29 is 0 Å². The molecule has 0 amide bonds. The van der Waals surface area contributed by atoms with Gasteiger partial charge in [0.05, 0.1) is 5.75 Å². The minimum absolute atomic E-state index is 0.0311. The van der Waals surface area contributed by atoms with Crippen molar-refractivity contribution in [2.45, 2.75) is 37.0 Å². The van der Waals surface area contributed by atoms with E-state index in [-0.39, 0.29) is 5.54 Å². The molecule has 18 heavy (non-hydrogen) atoms. The maximum atomic E-state index is 4.49. The van der Waals surface area contributed by atoms with Gasteiger partial charge < -0.3 is 5.32 Å². The van der Waals surface area contributed by atoms with Crippen molar-refractivity contribution >= 4 is 28.4 Å². The predicted octanol–water partition coefficient (Wildman–Crippen LogP) is 4.04. The van der Waals surface area contributed by atoms with Crippen LogP contribution in [0.4, 0.5) is 5.13 Å². The Kier molecular flexibility index (Phi) is 4.24. The smallest absolute Gasteiger partial charge is 0.203 e. The number of rotatable bonds is 4. The first kappa shape index (κ1) is 13.4. The molecule has 0 unspecified atom stereocenters. The summed E-state index contributed by atoms with van der Waals surface area (Å²) in [5.41, 5.74) is 0.0311. The van der Waals surface area contributed by atoms with Crippen LogP contribution in [-0.2, 0) is 5.75 Å². The lowest BCUT2D eigenvalue weighted by Gasteiger charge is -2.18. The van der Waals surface area contributed by atoms with Crippen LogP contribution in [0.2, 0.25) is 0 Å². The van der Waals surface area contributed by atoms with Crippen LogP contribution in [0.15, 0.2) is 35.2 Å².